The Morgan fingerprint density at radius 3 is 2.70 bits per heavy atom. The maximum atomic E-state index is 12.1. The lowest BCUT2D eigenvalue weighted by Gasteiger charge is -2.09. The first kappa shape index (κ1) is 13.6. The largest absolute Gasteiger partial charge is 0.504 e. The SMILES string of the molecule is COc1cccc(C(=O)Nc2cccc(C=O)c2)c1O. The molecule has 2 rings (SSSR count). The van der Waals surface area contributed by atoms with Gasteiger partial charge < -0.3 is 15.2 Å². The van der Waals surface area contributed by atoms with Crippen molar-refractivity contribution in [3.63, 3.8) is 0 Å². The minimum Gasteiger partial charge on any atom is -0.504 e. The Bertz CT molecular complexity index is 652. The highest BCUT2D eigenvalue weighted by Gasteiger charge is 2.14. The standard InChI is InChI=1S/C15H13NO4/c1-20-13-7-3-6-12(14(13)18)15(19)16-11-5-2-4-10(8-11)9-17/h2-9,18H,1H3,(H,16,19). The average Bonchev–Trinajstić information content (AvgIpc) is 2.47. The fourth-order valence-electron chi connectivity index (χ4n) is 1.76. The van der Waals surface area contributed by atoms with Crippen LogP contribution in [0.1, 0.15) is 20.7 Å². The Morgan fingerprint density at radius 2 is 2.00 bits per heavy atom. The van der Waals surface area contributed by atoms with E-state index in [1.54, 1.807) is 36.4 Å². The van der Waals surface area contributed by atoms with Gasteiger partial charge in [0.05, 0.1) is 12.7 Å². The van der Waals surface area contributed by atoms with Gasteiger partial charge in [-0.15, -0.1) is 0 Å². The van der Waals surface area contributed by atoms with Crippen molar-refractivity contribution in [2.75, 3.05) is 12.4 Å². The number of amides is 1. The first-order valence-electron chi connectivity index (χ1n) is 5.88. The van der Waals surface area contributed by atoms with E-state index in [0.29, 0.717) is 17.5 Å². The van der Waals surface area contributed by atoms with Gasteiger partial charge in [0.2, 0.25) is 0 Å². The van der Waals surface area contributed by atoms with E-state index in [-0.39, 0.29) is 17.1 Å². The number of carbonyl (C=O) groups excluding carboxylic acids is 2. The van der Waals surface area contributed by atoms with Crippen molar-refractivity contribution in [3.05, 3.63) is 53.6 Å². The zero-order valence-corrected chi connectivity index (χ0v) is 10.8. The molecular formula is C15H13NO4. The van der Waals surface area contributed by atoms with E-state index in [4.69, 9.17) is 4.74 Å². The molecule has 0 radical (unpaired) electrons. The van der Waals surface area contributed by atoms with Gasteiger partial charge in [-0.2, -0.15) is 0 Å². The van der Waals surface area contributed by atoms with E-state index >= 15 is 0 Å². The fourth-order valence-corrected chi connectivity index (χ4v) is 1.76. The van der Waals surface area contributed by atoms with E-state index < -0.39 is 5.91 Å². The molecule has 2 aromatic carbocycles. The van der Waals surface area contributed by atoms with Crippen LogP contribution in [-0.4, -0.2) is 24.4 Å². The van der Waals surface area contributed by atoms with Gasteiger partial charge >= 0.3 is 0 Å². The first-order valence-corrected chi connectivity index (χ1v) is 5.88. The second kappa shape index (κ2) is 5.88. The molecule has 102 valence electrons. The van der Waals surface area contributed by atoms with Crippen LogP contribution in [0.5, 0.6) is 11.5 Å². The van der Waals surface area contributed by atoms with Crippen LogP contribution in [0.2, 0.25) is 0 Å². The minimum atomic E-state index is -0.482. The molecule has 0 bridgehead atoms. The van der Waals surface area contributed by atoms with Gasteiger partial charge in [0.25, 0.3) is 5.91 Å². The average molecular weight is 271 g/mol. The molecule has 0 aliphatic rings. The normalized spacial score (nSPS) is 9.85. The molecule has 0 spiro atoms. The van der Waals surface area contributed by atoms with Crippen LogP contribution < -0.4 is 10.1 Å². The topological polar surface area (TPSA) is 75.6 Å². The molecule has 1 amide bonds. The van der Waals surface area contributed by atoms with Crippen molar-refractivity contribution in [1.29, 1.82) is 0 Å². The third-order valence-corrected chi connectivity index (χ3v) is 2.74. The predicted octanol–water partition coefficient (Wildman–Crippen LogP) is 2.47. The minimum absolute atomic E-state index is 0.0980. The molecule has 0 aliphatic carbocycles. The fraction of sp³-hybridized carbons (Fsp3) is 0.0667. The number of ether oxygens (including phenoxy) is 1. The second-order valence-electron chi connectivity index (χ2n) is 4.05. The van der Waals surface area contributed by atoms with Crippen LogP contribution in [0.25, 0.3) is 0 Å². The first-order chi connectivity index (χ1) is 9.65. The molecule has 0 aliphatic heterocycles. The van der Waals surface area contributed by atoms with Gasteiger partial charge in [0, 0.05) is 11.3 Å². The summed E-state index contributed by atoms with van der Waals surface area (Å²) in [5.74, 6) is -0.484. The number of para-hydroxylation sites is 1. The third kappa shape index (κ3) is 2.77. The Hall–Kier alpha value is -2.82. The van der Waals surface area contributed by atoms with Crippen molar-refractivity contribution >= 4 is 17.9 Å². The second-order valence-corrected chi connectivity index (χ2v) is 4.05. The highest BCUT2D eigenvalue weighted by molar-refractivity contribution is 6.06. The van der Waals surface area contributed by atoms with Gasteiger partial charge in [-0.25, -0.2) is 0 Å². The van der Waals surface area contributed by atoms with Crippen LogP contribution in [0, 0.1) is 0 Å². The number of phenols is 1. The number of nitrogens with one attached hydrogen (secondary N) is 1. The molecule has 5 heteroatoms. The predicted molar refractivity (Wildman–Crippen MR) is 74.4 cm³/mol. The number of hydrogen-bond acceptors (Lipinski definition) is 4. The zero-order valence-electron chi connectivity index (χ0n) is 10.8. The summed E-state index contributed by atoms with van der Waals surface area (Å²) in [6.07, 6.45) is 0.693. The molecular weight excluding hydrogens is 258 g/mol. The molecule has 0 saturated heterocycles. The maximum absolute atomic E-state index is 12.1. The lowest BCUT2D eigenvalue weighted by atomic mass is 10.1. The van der Waals surface area contributed by atoms with E-state index in [9.17, 15) is 14.7 Å². The Labute approximate surface area is 115 Å². The van der Waals surface area contributed by atoms with Crippen LogP contribution in [0.15, 0.2) is 42.5 Å². The summed E-state index contributed by atoms with van der Waals surface area (Å²) in [7, 11) is 1.41. The van der Waals surface area contributed by atoms with Crippen molar-refractivity contribution in [1.82, 2.24) is 0 Å². The smallest absolute Gasteiger partial charge is 0.259 e. The highest BCUT2D eigenvalue weighted by Crippen LogP contribution is 2.29. The van der Waals surface area contributed by atoms with Crippen molar-refractivity contribution < 1.29 is 19.4 Å². The summed E-state index contributed by atoms with van der Waals surface area (Å²) in [6.45, 7) is 0. The molecule has 0 unspecified atom stereocenters. The number of hydrogen-bond donors (Lipinski definition) is 2. The molecule has 20 heavy (non-hydrogen) atoms. The summed E-state index contributed by atoms with van der Waals surface area (Å²) >= 11 is 0. The molecule has 2 aromatic rings. The Balaban J connectivity index is 2.26. The zero-order chi connectivity index (χ0) is 14.5. The summed E-state index contributed by atoms with van der Waals surface area (Å²) in [5, 5.41) is 12.5. The van der Waals surface area contributed by atoms with Crippen LogP contribution in [-0.2, 0) is 0 Å². The van der Waals surface area contributed by atoms with Gasteiger partial charge in [0.1, 0.15) is 6.29 Å². The van der Waals surface area contributed by atoms with E-state index in [1.807, 2.05) is 0 Å². The monoisotopic (exact) mass is 271 g/mol. The maximum Gasteiger partial charge on any atom is 0.259 e. The van der Waals surface area contributed by atoms with Gasteiger partial charge in [-0.1, -0.05) is 18.2 Å². The van der Waals surface area contributed by atoms with Gasteiger partial charge in [0.15, 0.2) is 11.5 Å². The van der Waals surface area contributed by atoms with Crippen LogP contribution in [0.4, 0.5) is 5.69 Å². The molecule has 0 saturated carbocycles. The third-order valence-electron chi connectivity index (χ3n) is 2.74. The summed E-state index contributed by atoms with van der Waals surface area (Å²) in [4.78, 5) is 22.8. The number of methoxy groups -OCH3 is 1. The number of carbonyl (C=O) groups is 2. The highest BCUT2D eigenvalue weighted by atomic mass is 16.5. The number of phenolic OH excluding ortho intramolecular Hbond substituents is 1. The number of anilines is 1. The summed E-state index contributed by atoms with van der Waals surface area (Å²) in [5.41, 5.74) is 1.03. The number of benzene rings is 2. The summed E-state index contributed by atoms with van der Waals surface area (Å²) in [6, 6.07) is 11.1. The number of aldehydes is 1. The number of aromatic hydroxyl groups is 1. The van der Waals surface area contributed by atoms with E-state index in [2.05, 4.69) is 5.32 Å². The lowest BCUT2D eigenvalue weighted by Crippen LogP contribution is -2.12. The number of rotatable bonds is 4. The molecule has 0 heterocycles. The molecule has 0 fully saturated rings. The molecule has 5 nitrogen and oxygen atoms in total. The Morgan fingerprint density at radius 1 is 1.25 bits per heavy atom. The van der Waals surface area contributed by atoms with Gasteiger partial charge in [-0.05, 0) is 24.3 Å². The van der Waals surface area contributed by atoms with Crippen LogP contribution in [0.3, 0.4) is 0 Å². The lowest BCUT2D eigenvalue weighted by molar-refractivity contribution is 0.102. The van der Waals surface area contributed by atoms with Crippen molar-refractivity contribution in [2.45, 2.75) is 0 Å². The van der Waals surface area contributed by atoms with E-state index in [1.165, 1.54) is 13.2 Å². The molecule has 0 aromatic heterocycles. The van der Waals surface area contributed by atoms with E-state index in [0.717, 1.165) is 0 Å². The molecule has 2 N–H and O–H groups in total. The summed E-state index contributed by atoms with van der Waals surface area (Å²) < 4.78 is 4.95. The molecule has 0 atom stereocenters. The van der Waals surface area contributed by atoms with Crippen LogP contribution >= 0.6 is 0 Å². The van der Waals surface area contributed by atoms with Crippen molar-refractivity contribution in [3.8, 4) is 11.5 Å². The Kier molecular flexibility index (Phi) is 4.00. The van der Waals surface area contributed by atoms with Crippen molar-refractivity contribution in [2.24, 2.45) is 0 Å². The van der Waals surface area contributed by atoms with Gasteiger partial charge in [-0.3, -0.25) is 9.59 Å². The quantitative estimate of drug-likeness (QED) is 0.837.